The summed E-state index contributed by atoms with van der Waals surface area (Å²) in [6.45, 7) is 2.12. The zero-order chi connectivity index (χ0) is 19.8. The van der Waals surface area contributed by atoms with Crippen LogP contribution in [-0.4, -0.2) is 25.6 Å². The van der Waals surface area contributed by atoms with E-state index in [1.807, 2.05) is 12.3 Å². The molecule has 5 rings (SSSR count). The average Bonchev–Trinajstić information content (AvgIpc) is 3.48. The molecule has 1 saturated heterocycles. The maximum Gasteiger partial charge on any atom is 0.170 e. The monoisotopic (exact) mass is 402 g/mol. The Morgan fingerprint density at radius 1 is 1.00 bits per heavy atom. The number of nitrogens with zero attached hydrogens (tertiary/aromatic N) is 3. The number of pyridine rings is 1. The maximum absolute atomic E-state index is 5.86. The standard InChI is InChI=1S/C24H26N4S/c1-17-11-13-18(14-12-17)27-16-6-10-21(27)23-22(20-9-4-5-15-25-20)26-24(29)28(23)19-7-2-3-8-19/h4-6,9-16,19,22-23H,2-3,7-8H2,1H3,(H,26,29)/t22-,23-/m1/s1. The first-order chi connectivity index (χ1) is 14.2. The lowest BCUT2D eigenvalue weighted by atomic mass is 9.99. The molecule has 0 radical (unpaired) electrons. The van der Waals surface area contributed by atoms with E-state index in [-0.39, 0.29) is 12.1 Å². The number of hydrogen-bond acceptors (Lipinski definition) is 2. The summed E-state index contributed by atoms with van der Waals surface area (Å²) in [6.07, 6.45) is 9.00. The fourth-order valence-electron chi connectivity index (χ4n) is 4.83. The van der Waals surface area contributed by atoms with E-state index in [4.69, 9.17) is 12.2 Å². The molecule has 1 saturated carbocycles. The van der Waals surface area contributed by atoms with Gasteiger partial charge in [-0.3, -0.25) is 4.98 Å². The zero-order valence-corrected chi connectivity index (χ0v) is 17.5. The van der Waals surface area contributed by atoms with Crippen LogP contribution in [0.3, 0.4) is 0 Å². The van der Waals surface area contributed by atoms with Crippen molar-refractivity contribution in [1.82, 2.24) is 19.8 Å². The Balaban J connectivity index is 1.61. The molecule has 5 heteroatoms. The van der Waals surface area contributed by atoms with E-state index in [1.165, 1.54) is 42.6 Å². The molecule has 3 heterocycles. The van der Waals surface area contributed by atoms with Crippen LogP contribution < -0.4 is 5.32 Å². The normalized spacial score (nSPS) is 22.2. The van der Waals surface area contributed by atoms with E-state index in [9.17, 15) is 0 Å². The number of thiocarbonyl (C=S) groups is 1. The van der Waals surface area contributed by atoms with Crippen molar-refractivity contribution in [3.05, 3.63) is 83.9 Å². The minimum absolute atomic E-state index is 0.0448. The Kier molecular flexibility index (Phi) is 4.84. The lowest BCUT2D eigenvalue weighted by molar-refractivity contribution is 0.239. The molecule has 29 heavy (non-hydrogen) atoms. The number of rotatable bonds is 4. The van der Waals surface area contributed by atoms with Gasteiger partial charge in [0.15, 0.2) is 5.11 Å². The summed E-state index contributed by atoms with van der Waals surface area (Å²) < 4.78 is 2.30. The Hall–Kier alpha value is -2.66. The highest BCUT2D eigenvalue weighted by molar-refractivity contribution is 7.80. The van der Waals surface area contributed by atoms with Crippen LogP contribution in [0.1, 0.15) is 54.7 Å². The van der Waals surface area contributed by atoms with Gasteiger partial charge in [0, 0.05) is 29.8 Å². The number of hydrogen-bond donors (Lipinski definition) is 1. The molecule has 1 aliphatic carbocycles. The van der Waals surface area contributed by atoms with Crippen LogP contribution in [-0.2, 0) is 0 Å². The van der Waals surface area contributed by atoms with E-state index >= 15 is 0 Å². The molecular weight excluding hydrogens is 376 g/mol. The number of aryl methyl sites for hydroxylation is 1. The quantitative estimate of drug-likeness (QED) is 0.616. The number of aromatic nitrogens is 2. The van der Waals surface area contributed by atoms with Crippen LogP contribution in [0.2, 0.25) is 0 Å². The third kappa shape index (κ3) is 3.33. The SMILES string of the molecule is Cc1ccc(-n2cccc2[C@@H]2[C@@H](c3ccccn3)NC(=S)N2C2CCCC2)cc1. The highest BCUT2D eigenvalue weighted by Gasteiger charge is 2.44. The second kappa shape index (κ2) is 7.64. The first-order valence-electron chi connectivity index (χ1n) is 10.5. The molecule has 3 aromatic rings. The van der Waals surface area contributed by atoms with Gasteiger partial charge in [-0.2, -0.15) is 0 Å². The van der Waals surface area contributed by atoms with Gasteiger partial charge >= 0.3 is 0 Å². The number of nitrogens with one attached hydrogen (secondary N) is 1. The van der Waals surface area contributed by atoms with Gasteiger partial charge in [-0.1, -0.05) is 36.6 Å². The van der Waals surface area contributed by atoms with E-state index in [2.05, 4.69) is 81.4 Å². The van der Waals surface area contributed by atoms with Crippen LogP contribution in [0.25, 0.3) is 5.69 Å². The third-order valence-electron chi connectivity index (χ3n) is 6.25. The van der Waals surface area contributed by atoms with Crippen molar-refractivity contribution in [2.75, 3.05) is 0 Å². The summed E-state index contributed by atoms with van der Waals surface area (Å²) >= 11 is 5.86. The van der Waals surface area contributed by atoms with E-state index < -0.39 is 0 Å². The van der Waals surface area contributed by atoms with Crippen LogP contribution in [0.15, 0.2) is 67.0 Å². The Morgan fingerprint density at radius 2 is 1.79 bits per heavy atom. The lowest BCUT2D eigenvalue weighted by Crippen LogP contribution is -2.38. The van der Waals surface area contributed by atoms with Gasteiger partial charge in [-0.25, -0.2) is 0 Å². The van der Waals surface area contributed by atoms with Crippen LogP contribution in [0.5, 0.6) is 0 Å². The van der Waals surface area contributed by atoms with Crippen LogP contribution in [0, 0.1) is 6.92 Å². The molecule has 2 aromatic heterocycles. The average molecular weight is 403 g/mol. The molecule has 2 aliphatic rings. The zero-order valence-electron chi connectivity index (χ0n) is 16.7. The van der Waals surface area contributed by atoms with Crippen molar-refractivity contribution in [3.8, 4) is 5.69 Å². The van der Waals surface area contributed by atoms with Gasteiger partial charge in [-0.15, -0.1) is 0 Å². The molecule has 0 unspecified atom stereocenters. The second-order valence-electron chi connectivity index (χ2n) is 8.11. The number of benzene rings is 1. The van der Waals surface area contributed by atoms with Crippen LogP contribution in [0.4, 0.5) is 0 Å². The third-order valence-corrected chi connectivity index (χ3v) is 6.58. The topological polar surface area (TPSA) is 33.1 Å². The first-order valence-corrected chi connectivity index (χ1v) is 10.9. The minimum Gasteiger partial charge on any atom is -0.352 e. The molecule has 0 bridgehead atoms. The largest absolute Gasteiger partial charge is 0.352 e. The molecule has 0 spiro atoms. The van der Waals surface area contributed by atoms with Gasteiger partial charge in [0.05, 0.1) is 17.8 Å². The van der Waals surface area contributed by atoms with Gasteiger partial charge in [0.25, 0.3) is 0 Å². The van der Waals surface area contributed by atoms with E-state index in [1.54, 1.807) is 0 Å². The molecule has 4 nitrogen and oxygen atoms in total. The summed E-state index contributed by atoms with van der Waals surface area (Å²) in [4.78, 5) is 7.13. The molecule has 148 valence electrons. The second-order valence-corrected chi connectivity index (χ2v) is 8.50. The molecule has 2 atom stereocenters. The Labute approximate surface area is 177 Å². The predicted octanol–water partition coefficient (Wildman–Crippen LogP) is 5.10. The van der Waals surface area contributed by atoms with Gasteiger partial charge < -0.3 is 14.8 Å². The maximum atomic E-state index is 5.86. The van der Waals surface area contributed by atoms with E-state index in [0.717, 1.165) is 10.8 Å². The molecular formula is C24H26N4S. The summed E-state index contributed by atoms with van der Waals surface area (Å²) in [7, 11) is 0. The summed E-state index contributed by atoms with van der Waals surface area (Å²) in [5, 5.41) is 4.46. The van der Waals surface area contributed by atoms with Crippen molar-refractivity contribution in [3.63, 3.8) is 0 Å². The Bertz CT molecular complexity index is 989. The highest BCUT2D eigenvalue weighted by Crippen LogP contribution is 2.43. The van der Waals surface area contributed by atoms with E-state index in [0.29, 0.717) is 6.04 Å². The van der Waals surface area contributed by atoms with Gasteiger partial charge in [0.1, 0.15) is 0 Å². The fourth-order valence-corrected chi connectivity index (χ4v) is 5.22. The van der Waals surface area contributed by atoms with Crippen molar-refractivity contribution in [1.29, 1.82) is 0 Å². The molecule has 1 N–H and O–H groups in total. The molecule has 0 amide bonds. The minimum atomic E-state index is 0.0448. The predicted molar refractivity (Wildman–Crippen MR) is 120 cm³/mol. The summed E-state index contributed by atoms with van der Waals surface area (Å²) in [5.41, 5.74) is 4.74. The smallest absolute Gasteiger partial charge is 0.170 e. The van der Waals surface area contributed by atoms with Gasteiger partial charge in [-0.05, 0) is 68.4 Å². The van der Waals surface area contributed by atoms with Gasteiger partial charge in [0.2, 0.25) is 0 Å². The van der Waals surface area contributed by atoms with Crippen LogP contribution >= 0.6 is 12.2 Å². The molecule has 2 fully saturated rings. The molecule has 1 aromatic carbocycles. The van der Waals surface area contributed by atoms with Crippen molar-refractivity contribution in [2.45, 2.75) is 50.7 Å². The lowest BCUT2D eigenvalue weighted by Gasteiger charge is -2.33. The summed E-state index contributed by atoms with van der Waals surface area (Å²) in [5.74, 6) is 0. The summed E-state index contributed by atoms with van der Waals surface area (Å²) in [6, 6.07) is 19.9. The fraction of sp³-hybridized carbons (Fsp3) is 0.333. The van der Waals surface area contributed by atoms with Crippen molar-refractivity contribution < 1.29 is 0 Å². The highest BCUT2D eigenvalue weighted by atomic mass is 32.1. The molecule has 1 aliphatic heterocycles. The van der Waals surface area contributed by atoms with Crippen molar-refractivity contribution in [2.24, 2.45) is 0 Å². The first kappa shape index (κ1) is 18.4. The van der Waals surface area contributed by atoms with Crippen molar-refractivity contribution >= 4 is 17.3 Å². The Morgan fingerprint density at radius 3 is 2.52 bits per heavy atom.